The molecule has 4 rings (SSSR count). The Morgan fingerprint density at radius 1 is 1.26 bits per heavy atom. The normalized spacial score (nSPS) is 15.1. The van der Waals surface area contributed by atoms with Crippen molar-refractivity contribution in [2.45, 2.75) is 19.4 Å². The maximum absolute atomic E-state index is 9.73. The van der Waals surface area contributed by atoms with E-state index >= 15 is 0 Å². The van der Waals surface area contributed by atoms with Gasteiger partial charge < -0.3 is 19.9 Å². The third-order valence-corrected chi connectivity index (χ3v) is 5.69. The molecule has 0 amide bonds. The van der Waals surface area contributed by atoms with Crippen LogP contribution in [0.2, 0.25) is 10.0 Å². The number of nitrogens with one attached hydrogen (secondary N) is 1. The highest BCUT2D eigenvalue weighted by molar-refractivity contribution is 6.32. The Bertz CT molecular complexity index is 1230. The van der Waals surface area contributed by atoms with Gasteiger partial charge in [-0.25, -0.2) is 0 Å². The predicted molar refractivity (Wildman–Crippen MR) is 116 cm³/mol. The van der Waals surface area contributed by atoms with Crippen LogP contribution in [0.1, 0.15) is 28.3 Å². The van der Waals surface area contributed by atoms with E-state index in [1.165, 1.54) is 7.11 Å². The monoisotopic (exact) mass is 456 g/mol. The average Bonchev–Trinajstić information content (AvgIpc) is 3.12. The number of hydrogen-bond acceptors (Lipinski definition) is 6. The summed E-state index contributed by atoms with van der Waals surface area (Å²) in [6, 6.07) is 13.0. The Hall–Kier alpha value is -3.34. The van der Waals surface area contributed by atoms with E-state index in [-0.39, 0.29) is 18.1 Å². The van der Waals surface area contributed by atoms with Crippen molar-refractivity contribution in [3.63, 3.8) is 0 Å². The van der Waals surface area contributed by atoms with Gasteiger partial charge >= 0.3 is 0 Å². The molecule has 9 heteroatoms. The van der Waals surface area contributed by atoms with E-state index < -0.39 is 5.92 Å². The van der Waals surface area contributed by atoms with E-state index in [0.29, 0.717) is 38.6 Å². The molecule has 1 aromatic heterocycles. The number of methoxy groups -OCH3 is 1. The first-order valence-electron chi connectivity index (χ1n) is 9.30. The van der Waals surface area contributed by atoms with Gasteiger partial charge in [-0.2, -0.15) is 5.26 Å². The van der Waals surface area contributed by atoms with Crippen LogP contribution in [-0.2, 0) is 6.61 Å². The summed E-state index contributed by atoms with van der Waals surface area (Å²) in [7, 11) is 1.52. The molecule has 0 spiro atoms. The second-order valence-corrected chi connectivity index (χ2v) is 7.72. The van der Waals surface area contributed by atoms with Crippen molar-refractivity contribution < 1.29 is 14.2 Å². The van der Waals surface area contributed by atoms with Crippen molar-refractivity contribution in [2.75, 3.05) is 7.11 Å². The van der Waals surface area contributed by atoms with Crippen LogP contribution in [0.5, 0.6) is 17.4 Å². The van der Waals surface area contributed by atoms with Crippen molar-refractivity contribution >= 4 is 23.2 Å². The van der Waals surface area contributed by atoms with E-state index in [1.54, 1.807) is 18.2 Å². The lowest BCUT2D eigenvalue weighted by atomic mass is 9.84. The molecular formula is C22H18Cl2N4O3. The number of fused-ring (bicyclic) bond motifs is 1. The minimum Gasteiger partial charge on any atom is -0.493 e. The van der Waals surface area contributed by atoms with Gasteiger partial charge in [0.25, 0.3) is 0 Å². The Labute approximate surface area is 188 Å². The Balaban J connectivity index is 1.75. The van der Waals surface area contributed by atoms with E-state index in [2.05, 4.69) is 16.3 Å². The molecule has 7 nitrogen and oxygen atoms in total. The molecule has 0 aliphatic carbocycles. The molecule has 0 saturated heterocycles. The summed E-state index contributed by atoms with van der Waals surface area (Å²) >= 11 is 12.8. The van der Waals surface area contributed by atoms with E-state index in [4.69, 9.17) is 43.1 Å². The number of nitrogens with zero attached hydrogens (tertiary/aromatic N) is 2. The quantitative estimate of drug-likeness (QED) is 0.569. The predicted octanol–water partition coefficient (Wildman–Crippen LogP) is 4.83. The lowest BCUT2D eigenvalue weighted by Crippen LogP contribution is -2.21. The van der Waals surface area contributed by atoms with Crippen LogP contribution < -0.4 is 19.9 Å². The van der Waals surface area contributed by atoms with E-state index in [1.807, 2.05) is 25.1 Å². The summed E-state index contributed by atoms with van der Waals surface area (Å²) < 4.78 is 17.0. The maximum atomic E-state index is 9.73. The summed E-state index contributed by atoms with van der Waals surface area (Å²) in [6.45, 7) is 2.06. The molecule has 2 heterocycles. The van der Waals surface area contributed by atoms with Crippen LogP contribution in [0, 0.1) is 18.3 Å². The van der Waals surface area contributed by atoms with Crippen LogP contribution in [0.3, 0.4) is 0 Å². The number of nitriles is 1. The summed E-state index contributed by atoms with van der Waals surface area (Å²) in [4.78, 5) is 0. The fourth-order valence-corrected chi connectivity index (χ4v) is 4.01. The third kappa shape index (κ3) is 3.76. The lowest BCUT2D eigenvalue weighted by molar-refractivity contribution is 0.284. The number of aromatic amines is 1. The van der Waals surface area contributed by atoms with E-state index in [9.17, 15) is 5.26 Å². The first-order valence-corrected chi connectivity index (χ1v) is 10.1. The highest BCUT2D eigenvalue weighted by Crippen LogP contribution is 2.46. The number of allylic oxidation sites excluding steroid dienone is 1. The number of hydrogen-bond donors (Lipinski definition) is 2. The van der Waals surface area contributed by atoms with Crippen LogP contribution in [0.25, 0.3) is 0 Å². The van der Waals surface area contributed by atoms with Gasteiger partial charge in [-0.1, -0.05) is 41.4 Å². The molecule has 0 fully saturated rings. The van der Waals surface area contributed by atoms with Gasteiger partial charge in [-0.3, -0.25) is 5.10 Å². The largest absolute Gasteiger partial charge is 0.493 e. The number of aryl methyl sites for hydroxylation is 1. The SMILES string of the molecule is COc1cc([C@H]2C(C#N)=C(N)Oc3n[nH]c(C)c32)cc(Cl)c1OCc1ccccc1Cl. The number of ether oxygens (including phenoxy) is 3. The Morgan fingerprint density at radius 3 is 2.74 bits per heavy atom. The first-order chi connectivity index (χ1) is 14.9. The average molecular weight is 457 g/mol. The zero-order chi connectivity index (χ0) is 22.1. The molecule has 0 bridgehead atoms. The van der Waals surface area contributed by atoms with Gasteiger partial charge in [0, 0.05) is 21.8 Å². The molecule has 0 unspecified atom stereocenters. The zero-order valence-electron chi connectivity index (χ0n) is 16.7. The molecular weight excluding hydrogens is 439 g/mol. The molecule has 3 N–H and O–H groups in total. The molecule has 1 aliphatic rings. The summed E-state index contributed by atoms with van der Waals surface area (Å²) in [5, 5.41) is 17.7. The minimum atomic E-state index is -0.517. The molecule has 0 saturated carbocycles. The number of benzene rings is 2. The van der Waals surface area contributed by atoms with Crippen molar-refractivity contribution in [3.8, 4) is 23.4 Å². The molecule has 31 heavy (non-hydrogen) atoms. The zero-order valence-corrected chi connectivity index (χ0v) is 18.2. The van der Waals surface area contributed by atoms with Gasteiger partial charge in [0.05, 0.1) is 18.1 Å². The molecule has 0 radical (unpaired) electrons. The molecule has 2 aromatic carbocycles. The fourth-order valence-electron chi connectivity index (χ4n) is 3.54. The maximum Gasteiger partial charge on any atom is 0.244 e. The summed E-state index contributed by atoms with van der Waals surface area (Å²) in [5.74, 6) is 0.601. The van der Waals surface area contributed by atoms with Gasteiger partial charge in [0.1, 0.15) is 18.2 Å². The standard InChI is InChI=1S/C22H18Cl2N4O3/c1-11-18-19(14(9-25)21(26)31-22(18)28-27-11)13-7-16(24)20(17(8-13)29-2)30-10-12-5-3-4-6-15(12)23/h3-8,19H,10,26H2,1-2H3,(H,27,28)/t19-/m0/s1. The molecule has 3 aromatic rings. The summed E-state index contributed by atoms with van der Waals surface area (Å²) in [6.07, 6.45) is 0. The van der Waals surface area contributed by atoms with Crippen molar-refractivity contribution in [1.82, 2.24) is 10.2 Å². The van der Waals surface area contributed by atoms with Crippen LogP contribution in [0.15, 0.2) is 47.9 Å². The molecule has 1 atom stereocenters. The Morgan fingerprint density at radius 2 is 2.03 bits per heavy atom. The highest BCUT2D eigenvalue weighted by atomic mass is 35.5. The molecule has 1 aliphatic heterocycles. The number of nitrogens with two attached hydrogens (primary N) is 1. The number of rotatable bonds is 5. The van der Waals surface area contributed by atoms with Crippen molar-refractivity contribution in [2.24, 2.45) is 5.73 Å². The van der Waals surface area contributed by atoms with Crippen LogP contribution in [0.4, 0.5) is 0 Å². The van der Waals surface area contributed by atoms with Crippen LogP contribution in [-0.4, -0.2) is 17.3 Å². The second-order valence-electron chi connectivity index (χ2n) is 6.91. The topological polar surface area (TPSA) is 106 Å². The number of H-pyrrole nitrogens is 1. The fraction of sp³-hybridized carbons (Fsp3) is 0.182. The van der Waals surface area contributed by atoms with Crippen molar-refractivity contribution in [3.05, 3.63) is 80.3 Å². The highest BCUT2D eigenvalue weighted by Gasteiger charge is 2.35. The summed E-state index contributed by atoms with van der Waals surface area (Å²) in [5.41, 5.74) is 9.24. The van der Waals surface area contributed by atoms with Gasteiger partial charge in [0.15, 0.2) is 11.5 Å². The lowest BCUT2D eigenvalue weighted by Gasteiger charge is -2.24. The number of halogens is 2. The first kappa shape index (κ1) is 20.9. The molecule has 158 valence electrons. The smallest absolute Gasteiger partial charge is 0.244 e. The second kappa shape index (κ2) is 8.42. The number of aromatic nitrogens is 2. The van der Waals surface area contributed by atoms with Gasteiger partial charge in [0.2, 0.25) is 11.8 Å². The Kier molecular flexibility index (Phi) is 5.68. The van der Waals surface area contributed by atoms with E-state index in [0.717, 1.165) is 11.3 Å². The third-order valence-electron chi connectivity index (χ3n) is 5.04. The van der Waals surface area contributed by atoms with Crippen LogP contribution >= 0.6 is 23.2 Å². The van der Waals surface area contributed by atoms with Gasteiger partial charge in [-0.05, 0) is 30.7 Å². The van der Waals surface area contributed by atoms with Crippen molar-refractivity contribution in [1.29, 1.82) is 5.26 Å². The van der Waals surface area contributed by atoms with Gasteiger partial charge in [-0.15, -0.1) is 5.10 Å². The minimum absolute atomic E-state index is 0.000588.